The van der Waals surface area contributed by atoms with E-state index in [1.54, 1.807) is 19.2 Å². The van der Waals surface area contributed by atoms with Crippen LogP contribution in [0.25, 0.3) is 0 Å². The average molecular weight is 245 g/mol. The number of benzene rings is 1. The Balaban J connectivity index is 2.58. The molecule has 0 saturated carbocycles. The molecule has 16 heavy (non-hydrogen) atoms. The number of nitrogens with one attached hydrogen (secondary N) is 1. The van der Waals surface area contributed by atoms with Gasteiger partial charge in [0.15, 0.2) is 0 Å². The first-order valence-corrected chi connectivity index (χ1v) is 5.42. The van der Waals surface area contributed by atoms with Crippen LogP contribution in [0.2, 0.25) is 5.02 Å². The summed E-state index contributed by atoms with van der Waals surface area (Å²) in [6.07, 6.45) is -0.108. The standard InChI is InChI=1S/C11H17ClN2O2/c1-8(11(14-13)7-15-2)16-10-5-3-4-9(12)6-10/h3-6,8,11,14H,7,13H2,1-2H3. The van der Waals surface area contributed by atoms with Gasteiger partial charge in [0.2, 0.25) is 0 Å². The number of hydrogen-bond acceptors (Lipinski definition) is 4. The second-order valence-corrected chi connectivity index (χ2v) is 3.95. The Kier molecular flexibility index (Phi) is 5.55. The summed E-state index contributed by atoms with van der Waals surface area (Å²) in [7, 11) is 1.62. The van der Waals surface area contributed by atoms with Crippen molar-refractivity contribution < 1.29 is 9.47 Å². The van der Waals surface area contributed by atoms with Gasteiger partial charge in [-0.15, -0.1) is 0 Å². The van der Waals surface area contributed by atoms with E-state index >= 15 is 0 Å². The molecule has 5 heteroatoms. The summed E-state index contributed by atoms with van der Waals surface area (Å²) in [5.74, 6) is 6.13. The summed E-state index contributed by atoms with van der Waals surface area (Å²) in [5, 5.41) is 0.647. The first kappa shape index (κ1) is 13.3. The van der Waals surface area contributed by atoms with Crippen molar-refractivity contribution in [3.05, 3.63) is 29.3 Å². The van der Waals surface area contributed by atoms with Crippen molar-refractivity contribution >= 4 is 11.6 Å². The molecule has 0 aliphatic carbocycles. The van der Waals surface area contributed by atoms with Gasteiger partial charge in [0.05, 0.1) is 12.6 Å². The van der Waals surface area contributed by atoms with Crippen molar-refractivity contribution in [3.8, 4) is 5.75 Å². The molecule has 4 nitrogen and oxygen atoms in total. The lowest BCUT2D eigenvalue weighted by Crippen LogP contribution is -2.48. The van der Waals surface area contributed by atoms with Crippen LogP contribution in [0.5, 0.6) is 5.75 Å². The largest absolute Gasteiger partial charge is 0.489 e. The Labute approximate surface area is 101 Å². The lowest BCUT2D eigenvalue weighted by atomic mass is 10.2. The highest BCUT2D eigenvalue weighted by molar-refractivity contribution is 6.30. The maximum Gasteiger partial charge on any atom is 0.121 e. The van der Waals surface area contributed by atoms with Gasteiger partial charge in [-0.3, -0.25) is 11.3 Å². The Morgan fingerprint density at radius 3 is 2.81 bits per heavy atom. The molecule has 0 bridgehead atoms. The van der Waals surface area contributed by atoms with E-state index in [0.717, 1.165) is 5.75 Å². The second-order valence-electron chi connectivity index (χ2n) is 3.51. The summed E-state index contributed by atoms with van der Waals surface area (Å²) < 4.78 is 10.7. The van der Waals surface area contributed by atoms with Crippen LogP contribution in [0.15, 0.2) is 24.3 Å². The van der Waals surface area contributed by atoms with Gasteiger partial charge in [-0.05, 0) is 25.1 Å². The molecule has 0 spiro atoms. The van der Waals surface area contributed by atoms with Gasteiger partial charge in [-0.2, -0.15) is 0 Å². The van der Waals surface area contributed by atoms with Crippen molar-refractivity contribution in [1.29, 1.82) is 0 Å². The molecule has 1 aromatic rings. The Hall–Kier alpha value is -0.810. The van der Waals surface area contributed by atoms with E-state index in [1.165, 1.54) is 0 Å². The molecule has 0 amide bonds. The van der Waals surface area contributed by atoms with E-state index in [-0.39, 0.29) is 12.1 Å². The summed E-state index contributed by atoms with van der Waals surface area (Å²) in [5.41, 5.74) is 2.65. The van der Waals surface area contributed by atoms with Crippen molar-refractivity contribution in [2.75, 3.05) is 13.7 Å². The number of rotatable bonds is 6. The van der Waals surface area contributed by atoms with Gasteiger partial charge in [0.1, 0.15) is 11.9 Å². The van der Waals surface area contributed by atoms with Crippen molar-refractivity contribution in [2.45, 2.75) is 19.1 Å². The van der Waals surface area contributed by atoms with Gasteiger partial charge < -0.3 is 9.47 Å². The van der Waals surface area contributed by atoms with Crippen LogP contribution in [0.4, 0.5) is 0 Å². The van der Waals surface area contributed by atoms with E-state index in [2.05, 4.69) is 5.43 Å². The van der Waals surface area contributed by atoms with Crippen LogP contribution in [-0.4, -0.2) is 25.9 Å². The molecule has 0 radical (unpaired) electrons. The lowest BCUT2D eigenvalue weighted by molar-refractivity contribution is 0.0948. The van der Waals surface area contributed by atoms with E-state index < -0.39 is 0 Å². The number of nitrogens with two attached hydrogens (primary N) is 1. The maximum atomic E-state index is 5.86. The van der Waals surface area contributed by atoms with Crippen molar-refractivity contribution in [2.24, 2.45) is 5.84 Å². The van der Waals surface area contributed by atoms with Crippen molar-refractivity contribution in [3.63, 3.8) is 0 Å². The highest BCUT2D eigenvalue weighted by atomic mass is 35.5. The zero-order valence-electron chi connectivity index (χ0n) is 9.44. The molecule has 1 aromatic carbocycles. The van der Waals surface area contributed by atoms with Gasteiger partial charge >= 0.3 is 0 Å². The zero-order valence-corrected chi connectivity index (χ0v) is 10.2. The molecule has 2 unspecified atom stereocenters. The zero-order chi connectivity index (χ0) is 12.0. The molecule has 0 fully saturated rings. The molecule has 90 valence electrons. The van der Waals surface area contributed by atoms with Crippen LogP contribution in [0, 0.1) is 0 Å². The molecular formula is C11H17ClN2O2. The van der Waals surface area contributed by atoms with Gasteiger partial charge in [0, 0.05) is 12.1 Å². The van der Waals surface area contributed by atoms with Gasteiger partial charge in [0.25, 0.3) is 0 Å². The van der Waals surface area contributed by atoms with Gasteiger partial charge in [-0.25, -0.2) is 0 Å². The fourth-order valence-electron chi connectivity index (χ4n) is 1.34. The topological polar surface area (TPSA) is 56.5 Å². The van der Waals surface area contributed by atoms with E-state index in [4.69, 9.17) is 26.9 Å². The molecule has 0 aliphatic rings. The number of hydrazine groups is 1. The number of halogens is 1. The molecule has 0 heterocycles. The average Bonchev–Trinajstić information content (AvgIpc) is 2.25. The lowest BCUT2D eigenvalue weighted by Gasteiger charge is -2.23. The Morgan fingerprint density at radius 2 is 2.25 bits per heavy atom. The summed E-state index contributed by atoms with van der Waals surface area (Å²) in [4.78, 5) is 0. The minimum Gasteiger partial charge on any atom is -0.489 e. The van der Waals surface area contributed by atoms with E-state index in [1.807, 2.05) is 19.1 Å². The maximum absolute atomic E-state index is 5.86. The number of ether oxygens (including phenoxy) is 2. The Morgan fingerprint density at radius 1 is 1.50 bits per heavy atom. The molecule has 0 aliphatic heterocycles. The fourth-order valence-corrected chi connectivity index (χ4v) is 1.52. The first-order valence-electron chi connectivity index (χ1n) is 5.04. The molecular weight excluding hydrogens is 228 g/mol. The first-order chi connectivity index (χ1) is 7.67. The van der Waals surface area contributed by atoms with Crippen LogP contribution in [-0.2, 0) is 4.74 Å². The molecule has 0 saturated heterocycles. The molecule has 1 rings (SSSR count). The van der Waals surface area contributed by atoms with Crippen LogP contribution in [0.3, 0.4) is 0 Å². The van der Waals surface area contributed by atoms with E-state index in [0.29, 0.717) is 11.6 Å². The SMILES string of the molecule is COCC(NN)C(C)Oc1cccc(Cl)c1. The summed E-state index contributed by atoms with van der Waals surface area (Å²) >= 11 is 5.86. The Bertz CT molecular complexity index is 323. The van der Waals surface area contributed by atoms with Crippen molar-refractivity contribution in [1.82, 2.24) is 5.43 Å². The normalized spacial score (nSPS) is 14.5. The van der Waals surface area contributed by atoms with Gasteiger partial charge in [-0.1, -0.05) is 17.7 Å². The predicted octanol–water partition coefficient (Wildman–Crippen LogP) is 1.59. The molecule has 2 atom stereocenters. The highest BCUT2D eigenvalue weighted by Crippen LogP contribution is 2.18. The smallest absolute Gasteiger partial charge is 0.121 e. The number of hydrogen-bond donors (Lipinski definition) is 2. The number of methoxy groups -OCH3 is 1. The summed E-state index contributed by atoms with van der Waals surface area (Å²) in [6.45, 7) is 2.41. The minimum absolute atomic E-state index is 0.0658. The third kappa shape index (κ3) is 3.98. The van der Waals surface area contributed by atoms with Crippen LogP contribution >= 0.6 is 11.6 Å². The fraction of sp³-hybridized carbons (Fsp3) is 0.455. The van der Waals surface area contributed by atoms with Crippen LogP contribution in [0.1, 0.15) is 6.92 Å². The predicted molar refractivity (Wildman–Crippen MR) is 64.5 cm³/mol. The minimum atomic E-state index is -0.108. The molecule has 0 aromatic heterocycles. The second kappa shape index (κ2) is 6.70. The highest BCUT2D eigenvalue weighted by Gasteiger charge is 2.17. The third-order valence-electron chi connectivity index (χ3n) is 2.24. The summed E-state index contributed by atoms with van der Waals surface area (Å²) in [6, 6.07) is 7.18. The third-order valence-corrected chi connectivity index (χ3v) is 2.48. The van der Waals surface area contributed by atoms with Crippen LogP contribution < -0.4 is 16.0 Å². The monoisotopic (exact) mass is 244 g/mol. The van der Waals surface area contributed by atoms with E-state index in [9.17, 15) is 0 Å². The molecule has 3 N–H and O–H groups in total. The quantitative estimate of drug-likeness (QED) is 0.589.